The summed E-state index contributed by atoms with van der Waals surface area (Å²) in [5, 5.41) is 13.1. The number of phenols is 1. The number of anilines is 1. The van der Waals surface area contributed by atoms with Gasteiger partial charge in [0, 0.05) is 16.1 Å². The molecule has 0 atom stereocenters. The summed E-state index contributed by atoms with van der Waals surface area (Å²) in [6.07, 6.45) is 0. The van der Waals surface area contributed by atoms with E-state index in [0.717, 1.165) is 0 Å². The van der Waals surface area contributed by atoms with Crippen LogP contribution in [0.5, 0.6) is 5.75 Å². The van der Waals surface area contributed by atoms with Crippen molar-refractivity contribution in [3.63, 3.8) is 0 Å². The number of amides is 1. The molecular weight excluding hydrogens is 285 g/mol. The number of rotatable bonds is 2. The van der Waals surface area contributed by atoms with E-state index in [4.69, 9.17) is 23.2 Å². The molecule has 2 rings (SSSR count). The van der Waals surface area contributed by atoms with Crippen LogP contribution in [0.25, 0.3) is 0 Å². The van der Waals surface area contributed by atoms with Crippen molar-refractivity contribution < 1.29 is 9.90 Å². The molecular formula is C14H11Cl2NO2. The number of phenolic OH excluding ortho intramolecular Hbond substituents is 1. The van der Waals surface area contributed by atoms with Crippen molar-refractivity contribution in [3.8, 4) is 5.75 Å². The van der Waals surface area contributed by atoms with Crippen molar-refractivity contribution in [2.45, 2.75) is 6.92 Å². The monoisotopic (exact) mass is 295 g/mol. The molecule has 2 N–H and O–H groups in total. The minimum absolute atomic E-state index is 0.0739. The highest BCUT2D eigenvalue weighted by atomic mass is 35.5. The van der Waals surface area contributed by atoms with E-state index in [-0.39, 0.29) is 11.7 Å². The zero-order valence-corrected chi connectivity index (χ0v) is 11.6. The molecule has 0 spiro atoms. The van der Waals surface area contributed by atoms with Gasteiger partial charge in [0.25, 0.3) is 5.91 Å². The summed E-state index contributed by atoms with van der Waals surface area (Å²) in [7, 11) is 0. The van der Waals surface area contributed by atoms with E-state index in [1.165, 1.54) is 6.07 Å². The van der Waals surface area contributed by atoms with Crippen molar-refractivity contribution in [2.75, 3.05) is 5.32 Å². The molecule has 2 aromatic carbocycles. The maximum absolute atomic E-state index is 12.1. The second-order valence-electron chi connectivity index (χ2n) is 4.03. The molecule has 0 radical (unpaired) electrons. The average molecular weight is 296 g/mol. The molecule has 0 bridgehead atoms. The zero-order valence-electron chi connectivity index (χ0n) is 10.1. The third-order valence-electron chi connectivity index (χ3n) is 2.73. The van der Waals surface area contributed by atoms with Crippen molar-refractivity contribution in [3.05, 3.63) is 57.6 Å². The number of halogens is 2. The summed E-state index contributed by atoms with van der Waals surface area (Å²) in [6.45, 7) is 1.67. The Morgan fingerprint density at radius 1 is 1.21 bits per heavy atom. The topological polar surface area (TPSA) is 49.3 Å². The smallest absolute Gasteiger partial charge is 0.256 e. The fourth-order valence-electron chi connectivity index (χ4n) is 1.65. The first-order chi connectivity index (χ1) is 8.99. The van der Waals surface area contributed by atoms with Gasteiger partial charge in [-0.3, -0.25) is 4.79 Å². The van der Waals surface area contributed by atoms with Gasteiger partial charge in [0.05, 0.1) is 10.7 Å². The van der Waals surface area contributed by atoms with Gasteiger partial charge in [0.1, 0.15) is 5.75 Å². The maximum atomic E-state index is 12.1. The SMILES string of the molecule is Cc1c(O)cccc1C(=O)Nc1cc(Cl)ccc1Cl. The second-order valence-corrected chi connectivity index (χ2v) is 4.87. The molecule has 19 heavy (non-hydrogen) atoms. The Bertz CT molecular complexity index is 641. The predicted molar refractivity (Wildman–Crippen MR) is 77.3 cm³/mol. The van der Waals surface area contributed by atoms with Gasteiger partial charge >= 0.3 is 0 Å². The predicted octanol–water partition coefficient (Wildman–Crippen LogP) is 4.26. The van der Waals surface area contributed by atoms with Crippen LogP contribution >= 0.6 is 23.2 Å². The lowest BCUT2D eigenvalue weighted by atomic mass is 10.1. The van der Waals surface area contributed by atoms with Crippen LogP contribution in [0.2, 0.25) is 10.0 Å². The van der Waals surface area contributed by atoms with Gasteiger partial charge in [-0.15, -0.1) is 0 Å². The molecule has 0 saturated carbocycles. The van der Waals surface area contributed by atoms with E-state index in [9.17, 15) is 9.90 Å². The molecule has 0 fully saturated rings. The third kappa shape index (κ3) is 3.00. The quantitative estimate of drug-likeness (QED) is 0.870. The van der Waals surface area contributed by atoms with Gasteiger partial charge in [0.15, 0.2) is 0 Å². The summed E-state index contributed by atoms with van der Waals surface area (Å²) in [6, 6.07) is 9.58. The Hall–Kier alpha value is -1.71. The number of carbonyl (C=O) groups is 1. The number of benzene rings is 2. The van der Waals surface area contributed by atoms with Crippen LogP contribution in [0.4, 0.5) is 5.69 Å². The van der Waals surface area contributed by atoms with Gasteiger partial charge in [0.2, 0.25) is 0 Å². The average Bonchev–Trinajstić information content (AvgIpc) is 2.37. The lowest BCUT2D eigenvalue weighted by molar-refractivity contribution is 0.102. The Morgan fingerprint density at radius 3 is 2.68 bits per heavy atom. The molecule has 0 aromatic heterocycles. The fraction of sp³-hybridized carbons (Fsp3) is 0.0714. The van der Waals surface area contributed by atoms with Gasteiger partial charge in [-0.1, -0.05) is 29.3 Å². The molecule has 0 unspecified atom stereocenters. The molecule has 3 nitrogen and oxygen atoms in total. The second kappa shape index (κ2) is 5.51. The standard InChI is InChI=1S/C14H11Cl2NO2/c1-8-10(3-2-4-13(8)18)14(19)17-12-7-9(15)5-6-11(12)16/h2-7,18H,1H3,(H,17,19). The highest BCUT2D eigenvalue weighted by molar-refractivity contribution is 6.35. The molecule has 0 aliphatic carbocycles. The summed E-state index contributed by atoms with van der Waals surface area (Å²) >= 11 is 11.8. The van der Waals surface area contributed by atoms with Crippen LogP contribution in [-0.2, 0) is 0 Å². The van der Waals surface area contributed by atoms with E-state index >= 15 is 0 Å². The Kier molecular flexibility index (Phi) is 3.98. The summed E-state index contributed by atoms with van der Waals surface area (Å²) < 4.78 is 0. The van der Waals surface area contributed by atoms with Gasteiger partial charge in [-0.05, 0) is 37.3 Å². The molecule has 0 heterocycles. The number of aromatic hydroxyl groups is 1. The summed E-state index contributed by atoms with van der Waals surface area (Å²) in [5.74, 6) is -0.276. The number of hydrogen-bond donors (Lipinski definition) is 2. The number of hydrogen-bond acceptors (Lipinski definition) is 2. The normalized spacial score (nSPS) is 10.3. The van der Waals surface area contributed by atoms with Crippen LogP contribution in [0.1, 0.15) is 15.9 Å². The first kappa shape index (κ1) is 13.7. The maximum Gasteiger partial charge on any atom is 0.256 e. The highest BCUT2D eigenvalue weighted by Crippen LogP contribution is 2.27. The van der Waals surface area contributed by atoms with E-state index in [2.05, 4.69) is 5.32 Å². The Morgan fingerprint density at radius 2 is 1.95 bits per heavy atom. The molecule has 1 amide bonds. The highest BCUT2D eigenvalue weighted by Gasteiger charge is 2.13. The van der Waals surface area contributed by atoms with E-state index in [0.29, 0.717) is 26.9 Å². The first-order valence-corrected chi connectivity index (χ1v) is 6.29. The molecule has 98 valence electrons. The summed E-state index contributed by atoms with van der Waals surface area (Å²) in [4.78, 5) is 12.1. The minimum Gasteiger partial charge on any atom is -0.508 e. The lowest BCUT2D eigenvalue weighted by Gasteiger charge is -2.10. The van der Waals surface area contributed by atoms with Crippen molar-refractivity contribution in [1.29, 1.82) is 0 Å². The van der Waals surface area contributed by atoms with Crippen LogP contribution in [-0.4, -0.2) is 11.0 Å². The van der Waals surface area contributed by atoms with E-state index < -0.39 is 0 Å². The molecule has 0 aliphatic rings. The van der Waals surface area contributed by atoms with Gasteiger partial charge in [-0.25, -0.2) is 0 Å². The Balaban J connectivity index is 2.31. The van der Waals surface area contributed by atoms with E-state index in [1.54, 1.807) is 37.3 Å². The van der Waals surface area contributed by atoms with Crippen molar-refractivity contribution in [2.24, 2.45) is 0 Å². The van der Waals surface area contributed by atoms with E-state index in [1.807, 2.05) is 0 Å². The third-order valence-corrected chi connectivity index (χ3v) is 3.29. The first-order valence-electron chi connectivity index (χ1n) is 5.54. The molecule has 0 saturated heterocycles. The molecule has 5 heteroatoms. The zero-order chi connectivity index (χ0) is 14.0. The Labute approximate surface area is 120 Å². The molecule has 2 aromatic rings. The van der Waals surface area contributed by atoms with Gasteiger partial charge in [-0.2, -0.15) is 0 Å². The molecule has 0 aliphatic heterocycles. The van der Waals surface area contributed by atoms with Gasteiger partial charge < -0.3 is 10.4 Å². The number of nitrogens with one attached hydrogen (secondary N) is 1. The van der Waals surface area contributed by atoms with Crippen LogP contribution in [0, 0.1) is 6.92 Å². The summed E-state index contributed by atoms with van der Waals surface area (Å²) in [5.41, 5.74) is 1.33. The van der Waals surface area contributed by atoms with Crippen LogP contribution in [0.15, 0.2) is 36.4 Å². The van der Waals surface area contributed by atoms with Crippen LogP contribution < -0.4 is 5.32 Å². The lowest BCUT2D eigenvalue weighted by Crippen LogP contribution is -2.13. The number of carbonyl (C=O) groups excluding carboxylic acids is 1. The minimum atomic E-state index is -0.349. The van der Waals surface area contributed by atoms with Crippen LogP contribution in [0.3, 0.4) is 0 Å². The van der Waals surface area contributed by atoms with Crippen molar-refractivity contribution in [1.82, 2.24) is 0 Å². The largest absolute Gasteiger partial charge is 0.508 e. The van der Waals surface area contributed by atoms with Crippen molar-refractivity contribution >= 4 is 34.8 Å². The fourth-order valence-corrected chi connectivity index (χ4v) is 1.99.